The number of nitrogens with two attached hydrogens (primary N) is 1. The van der Waals surface area contributed by atoms with Gasteiger partial charge in [-0.1, -0.05) is 12.1 Å². The number of primary amides is 1. The lowest BCUT2D eigenvalue weighted by Crippen LogP contribution is -2.68. The fraction of sp³-hybridized carbons (Fsp3) is 0.233. The molecule has 7 nitrogen and oxygen atoms in total. The van der Waals surface area contributed by atoms with E-state index in [0.717, 1.165) is 25.2 Å². The second-order valence-corrected chi connectivity index (χ2v) is 10.3. The van der Waals surface area contributed by atoms with Crippen LogP contribution in [-0.2, 0) is 11.2 Å². The number of hydrogen-bond donors (Lipinski definition) is 3. The van der Waals surface area contributed by atoms with E-state index in [-0.39, 0.29) is 29.5 Å². The molecule has 192 valence electrons. The van der Waals surface area contributed by atoms with Crippen LogP contribution in [0.5, 0.6) is 0 Å². The lowest BCUT2D eigenvalue weighted by molar-refractivity contribution is -0.117. The maximum Gasteiger partial charge on any atom is 0.255 e. The van der Waals surface area contributed by atoms with Gasteiger partial charge in [0.05, 0.1) is 12.0 Å². The van der Waals surface area contributed by atoms with E-state index in [2.05, 4.69) is 10.6 Å². The van der Waals surface area contributed by atoms with Crippen molar-refractivity contribution in [1.82, 2.24) is 10.6 Å². The van der Waals surface area contributed by atoms with Gasteiger partial charge >= 0.3 is 0 Å². The van der Waals surface area contributed by atoms with Gasteiger partial charge in [-0.2, -0.15) is 0 Å². The van der Waals surface area contributed by atoms with Crippen LogP contribution in [0.25, 0.3) is 33.4 Å². The molecule has 0 saturated heterocycles. The maximum absolute atomic E-state index is 13.6. The zero-order valence-corrected chi connectivity index (χ0v) is 20.8. The highest BCUT2D eigenvalue weighted by molar-refractivity contribution is 6.12. The Bertz CT molecular complexity index is 1610. The quantitative estimate of drug-likeness (QED) is 0.337. The van der Waals surface area contributed by atoms with Gasteiger partial charge < -0.3 is 20.8 Å². The van der Waals surface area contributed by atoms with E-state index in [0.29, 0.717) is 44.3 Å². The third-order valence-electron chi connectivity index (χ3n) is 7.69. The summed E-state index contributed by atoms with van der Waals surface area (Å²) in [6.45, 7) is 0. The third-order valence-corrected chi connectivity index (χ3v) is 7.69. The fourth-order valence-electron chi connectivity index (χ4n) is 5.72. The van der Waals surface area contributed by atoms with E-state index in [1.807, 2.05) is 6.07 Å². The topological polar surface area (TPSA) is 114 Å². The number of halogens is 1. The molecule has 38 heavy (non-hydrogen) atoms. The predicted octanol–water partition coefficient (Wildman–Crippen LogP) is 4.58. The molecule has 1 heterocycles. The Labute approximate surface area is 218 Å². The van der Waals surface area contributed by atoms with Crippen LogP contribution in [0.4, 0.5) is 4.39 Å². The van der Waals surface area contributed by atoms with Crippen LogP contribution in [0, 0.1) is 11.7 Å². The Morgan fingerprint density at radius 3 is 2.37 bits per heavy atom. The van der Waals surface area contributed by atoms with Crippen molar-refractivity contribution in [2.45, 2.75) is 31.2 Å². The average molecular weight is 512 g/mol. The number of benzene rings is 3. The SMILES string of the molecule is CNC(=O)c1c(-c2ccc(F)cc2)oc2cc(CC(N)=O)c(-c3cccc(C(=O)NC45CC(C4)C5)c3)cc12. The molecule has 3 amide bonds. The molecule has 8 heteroatoms. The third kappa shape index (κ3) is 4.02. The van der Waals surface area contributed by atoms with Gasteiger partial charge in [-0.25, -0.2) is 4.39 Å². The summed E-state index contributed by atoms with van der Waals surface area (Å²) in [4.78, 5) is 38.0. The largest absolute Gasteiger partial charge is 0.455 e. The molecule has 3 aliphatic rings. The Balaban J connectivity index is 1.48. The van der Waals surface area contributed by atoms with E-state index >= 15 is 0 Å². The predicted molar refractivity (Wildman–Crippen MR) is 141 cm³/mol. The summed E-state index contributed by atoms with van der Waals surface area (Å²) in [6, 6.07) is 16.3. The number of amides is 3. The highest BCUT2D eigenvalue weighted by atomic mass is 19.1. The lowest BCUT2D eigenvalue weighted by atomic mass is 9.50. The molecular formula is C30H26FN3O4. The van der Waals surface area contributed by atoms with Crippen molar-refractivity contribution in [1.29, 1.82) is 0 Å². The van der Waals surface area contributed by atoms with Crippen molar-refractivity contribution in [2.24, 2.45) is 11.7 Å². The molecule has 4 N–H and O–H groups in total. The van der Waals surface area contributed by atoms with E-state index in [1.165, 1.54) is 19.2 Å². The van der Waals surface area contributed by atoms with Crippen molar-refractivity contribution in [3.8, 4) is 22.5 Å². The number of rotatable bonds is 7. The molecular weight excluding hydrogens is 485 g/mol. The van der Waals surface area contributed by atoms with E-state index in [1.54, 1.807) is 42.5 Å². The molecule has 3 fully saturated rings. The van der Waals surface area contributed by atoms with Gasteiger partial charge in [0.2, 0.25) is 5.91 Å². The van der Waals surface area contributed by atoms with Crippen LogP contribution in [0.15, 0.2) is 65.1 Å². The number of hydrogen-bond acceptors (Lipinski definition) is 4. The highest BCUT2D eigenvalue weighted by Crippen LogP contribution is 2.57. The first-order valence-electron chi connectivity index (χ1n) is 12.5. The number of nitrogens with one attached hydrogen (secondary N) is 2. The summed E-state index contributed by atoms with van der Waals surface area (Å²) in [6.07, 6.45) is 3.05. The Morgan fingerprint density at radius 2 is 1.74 bits per heavy atom. The molecule has 4 aromatic rings. The van der Waals surface area contributed by atoms with E-state index < -0.39 is 11.7 Å². The van der Waals surface area contributed by atoms with Crippen LogP contribution >= 0.6 is 0 Å². The number of fused-ring (bicyclic) bond motifs is 1. The second-order valence-electron chi connectivity index (χ2n) is 10.3. The van der Waals surface area contributed by atoms with Gasteiger partial charge in [0.25, 0.3) is 11.8 Å². The fourth-order valence-corrected chi connectivity index (χ4v) is 5.72. The molecule has 3 saturated carbocycles. The van der Waals surface area contributed by atoms with Crippen molar-refractivity contribution in [2.75, 3.05) is 7.05 Å². The minimum Gasteiger partial charge on any atom is -0.455 e. The molecule has 1 aromatic heterocycles. The van der Waals surface area contributed by atoms with Crippen LogP contribution in [0.1, 0.15) is 45.5 Å². The first-order valence-corrected chi connectivity index (χ1v) is 12.5. The summed E-state index contributed by atoms with van der Waals surface area (Å²) in [7, 11) is 1.52. The minimum atomic E-state index is -0.528. The van der Waals surface area contributed by atoms with E-state index in [9.17, 15) is 18.8 Å². The van der Waals surface area contributed by atoms with Gasteiger partial charge in [-0.05, 0) is 90.4 Å². The highest BCUT2D eigenvalue weighted by Gasteiger charge is 2.57. The monoisotopic (exact) mass is 511 g/mol. The molecule has 0 unspecified atom stereocenters. The smallest absolute Gasteiger partial charge is 0.255 e. The molecule has 3 aliphatic carbocycles. The normalized spacial score (nSPS) is 19.4. The maximum atomic E-state index is 13.6. The summed E-state index contributed by atoms with van der Waals surface area (Å²) in [5.74, 6) is -0.406. The zero-order valence-electron chi connectivity index (χ0n) is 20.8. The zero-order chi connectivity index (χ0) is 26.6. The Kier molecular flexibility index (Phi) is 5.56. The van der Waals surface area contributed by atoms with Crippen molar-refractivity contribution in [3.63, 3.8) is 0 Å². The number of furan rings is 1. The molecule has 0 atom stereocenters. The minimum absolute atomic E-state index is 0.0518. The van der Waals surface area contributed by atoms with Crippen molar-refractivity contribution in [3.05, 3.63) is 83.2 Å². The molecule has 2 bridgehead atoms. The van der Waals surface area contributed by atoms with Gasteiger partial charge in [0.1, 0.15) is 17.2 Å². The van der Waals surface area contributed by atoms with Gasteiger partial charge in [0, 0.05) is 29.1 Å². The second kappa shape index (κ2) is 8.83. The van der Waals surface area contributed by atoms with Gasteiger partial charge in [0.15, 0.2) is 0 Å². The molecule has 0 spiro atoms. The molecule has 7 rings (SSSR count). The van der Waals surface area contributed by atoms with Gasteiger partial charge in [-0.3, -0.25) is 14.4 Å². The summed E-state index contributed by atoms with van der Waals surface area (Å²) in [5, 5.41) is 6.35. The number of carbonyl (C=O) groups excluding carboxylic acids is 3. The standard InChI is InChI=1S/C30H26FN3O4/c1-33-29(37)26-23-12-22(18-3-2-4-19(9-18)28(36)34-30-13-16(14-30)15-30)20(11-25(32)35)10-24(23)38-27(26)17-5-7-21(31)8-6-17/h2-10,12,16H,11,13-15H2,1H3,(H2,32,35)(H,33,37)(H,34,36). The van der Waals surface area contributed by atoms with Gasteiger partial charge in [-0.15, -0.1) is 0 Å². The van der Waals surface area contributed by atoms with E-state index in [4.69, 9.17) is 10.2 Å². The Morgan fingerprint density at radius 1 is 1.00 bits per heavy atom. The molecule has 0 radical (unpaired) electrons. The Hall–Kier alpha value is -4.46. The molecule has 3 aromatic carbocycles. The van der Waals surface area contributed by atoms with Crippen LogP contribution < -0.4 is 16.4 Å². The summed E-state index contributed by atoms with van der Waals surface area (Å²) >= 11 is 0. The summed E-state index contributed by atoms with van der Waals surface area (Å²) in [5.41, 5.74) is 9.22. The van der Waals surface area contributed by atoms with Crippen LogP contribution in [0.2, 0.25) is 0 Å². The van der Waals surface area contributed by atoms with Crippen molar-refractivity contribution < 1.29 is 23.2 Å². The van der Waals surface area contributed by atoms with Crippen LogP contribution in [-0.4, -0.2) is 30.3 Å². The van der Waals surface area contributed by atoms with Crippen molar-refractivity contribution >= 4 is 28.7 Å². The first kappa shape index (κ1) is 23.9. The van der Waals surface area contributed by atoms with Crippen LogP contribution in [0.3, 0.4) is 0 Å². The lowest BCUT2D eigenvalue weighted by Gasteiger charge is -2.61. The molecule has 0 aliphatic heterocycles. The number of carbonyl (C=O) groups is 3. The first-order chi connectivity index (χ1) is 18.2. The summed E-state index contributed by atoms with van der Waals surface area (Å²) < 4.78 is 19.7. The average Bonchev–Trinajstić information content (AvgIpc) is 3.22.